The Morgan fingerprint density at radius 1 is 1.14 bits per heavy atom. The van der Waals surface area contributed by atoms with E-state index in [2.05, 4.69) is 21.0 Å². The van der Waals surface area contributed by atoms with Gasteiger partial charge in [-0.2, -0.15) is 5.10 Å². The summed E-state index contributed by atoms with van der Waals surface area (Å²) >= 11 is 3.39. The van der Waals surface area contributed by atoms with Gasteiger partial charge in [0, 0.05) is 6.42 Å². The summed E-state index contributed by atoms with van der Waals surface area (Å²) in [5.41, 5.74) is 2.00. The van der Waals surface area contributed by atoms with Crippen molar-refractivity contribution >= 4 is 27.5 Å². The first-order chi connectivity index (χ1) is 10.7. The lowest BCUT2D eigenvalue weighted by Gasteiger charge is -2.12. The highest BCUT2D eigenvalue weighted by molar-refractivity contribution is 9.10. The van der Waals surface area contributed by atoms with Crippen LogP contribution in [0.3, 0.4) is 0 Å². The van der Waals surface area contributed by atoms with Gasteiger partial charge in [0.25, 0.3) is 5.91 Å². The van der Waals surface area contributed by atoms with Crippen LogP contribution in [-0.4, -0.2) is 29.8 Å². The van der Waals surface area contributed by atoms with Gasteiger partial charge in [0.1, 0.15) is 5.75 Å². The summed E-state index contributed by atoms with van der Waals surface area (Å²) in [6.07, 6.45) is 0.769. The van der Waals surface area contributed by atoms with E-state index in [1.54, 1.807) is 0 Å². The Bertz CT molecular complexity index is 701. The highest BCUT2D eigenvalue weighted by Gasteiger charge is 2.21. The summed E-state index contributed by atoms with van der Waals surface area (Å²) in [6.45, 7) is 0.580. The Kier molecular flexibility index (Phi) is 4.53. The number of carbonyl (C=O) groups excluding carboxylic acids is 1. The largest absolute Gasteiger partial charge is 0.483 e. The molecule has 0 spiro atoms. The first-order valence-corrected chi connectivity index (χ1v) is 7.84. The van der Waals surface area contributed by atoms with Crippen LogP contribution in [0.25, 0.3) is 0 Å². The summed E-state index contributed by atoms with van der Waals surface area (Å²) in [5, 5.41) is 5.89. The molecule has 0 saturated heterocycles. The van der Waals surface area contributed by atoms with Crippen molar-refractivity contribution in [2.75, 3.05) is 13.2 Å². The molecule has 2 aromatic rings. The third kappa shape index (κ3) is 3.36. The fraction of sp³-hybridized carbons (Fsp3) is 0.176. The van der Waals surface area contributed by atoms with Crippen LogP contribution in [0.4, 0.5) is 0 Å². The molecule has 1 amide bonds. The lowest BCUT2D eigenvalue weighted by Crippen LogP contribution is -2.28. The molecule has 0 bridgehead atoms. The normalized spacial score (nSPS) is 13.9. The Hall–Kier alpha value is -2.14. The molecule has 1 heterocycles. The predicted molar refractivity (Wildman–Crippen MR) is 88.9 cm³/mol. The highest BCUT2D eigenvalue weighted by Crippen LogP contribution is 2.24. The van der Waals surface area contributed by atoms with Gasteiger partial charge >= 0.3 is 0 Å². The number of ether oxygens (including phenoxy) is 1. The molecule has 112 valence electrons. The number of halogens is 1. The zero-order valence-corrected chi connectivity index (χ0v) is 13.5. The number of hydrogen-bond donors (Lipinski definition) is 0. The fourth-order valence-corrected chi connectivity index (χ4v) is 2.65. The van der Waals surface area contributed by atoms with Gasteiger partial charge in [-0.05, 0) is 33.6 Å². The topological polar surface area (TPSA) is 41.9 Å². The number of benzene rings is 2. The zero-order valence-electron chi connectivity index (χ0n) is 11.9. The van der Waals surface area contributed by atoms with Gasteiger partial charge < -0.3 is 4.74 Å². The van der Waals surface area contributed by atoms with Crippen LogP contribution < -0.4 is 4.74 Å². The van der Waals surface area contributed by atoms with Crippen molar-refractivity contribution in [2.24, 2.45) is 5.10 Å². The number of hydrazone groups is 1. The van der Waals surface area contributed by atoms with Crippen molar-refractivity contribution in [1.82, 2.24) is 5.01 Å². The van der Waals surface area contributed by atoms with E-state index in [1.807, 2.05) is 54.6 Å². The quantitative estimate of drug-likeness (QED) is 0.839. The molecule has 0 unspecified atom stereocenters. The minimum Gasteiger partial charge on any atom is -0.483 e. The van der Waals surface area contributed by atoms with Gasteiger partial charge in [-0.1, -0.05) is 42.5 Å². The second kappa shape index (κ2) is 6.75. The lowest BCUT2D eigenvalue weighted by atomic mass is 10.1. The molecule has 5 heteroatoms. The SMILES string of the molecule is O=C(COc1ccccc1Br)N1CCC(c2ccccc2)=N1. The molecule has 3 rings (SSSR count). The molecule has 0 fully saturated rings. The van der Waals surface area contributed by atoms with Gasteiger partial charge in [-0.3, -0.25) is 4.79 Å². The Balaban J connectivity index is 1.62. The van der Waals surface area contributed by atoms with Gasteiger partial charge in [0.15, 0.2) is 6.61 Å². The van der Waals surface area contributed by atoms with Crippen molar-refractivity contribution < 1.29 is 9.53 Å². The van der Waals surface area contributed by atoms with E-state index < -0.39 is 0 Å². The minimum absolute atomic E-state index is 0.0197. The van der Waals surface area contributed by atoms with E-state index in [-0.39, 0.29) is 12.5 Å². The molecule has 0 atom stereocenters. The molecular weight excluding hydrogens is 344 g/mol. The molecule has 2 aromatic carbocycles. The Morgan fingerprint density at radius 2 is 1.86 bits per heavy atom. The second-order valence-electron chi connectivity index (χ2n) is 4.90. The number of amides is 1. The van der Waals surface area contributed by atoms with Gasteiger partial charge in [-0.15, -0.1) is 0 Å². The number of nitrogens with zero attached hydrogens (tertiary/aromatic N) is 2. The molecule has 4 nitrogen and oxygen atoms in total. The van der Waals surface area contributed by atoms with Crippen LogP contribution in [-0.2, 0) is 4.79 Å². The summed E-state index contributed by atoms with van der Waals surface area (Å²) in [6, 6.07) is 17.4. The third-order valence-electron chi connectivity index (χ3n) is 3.38. The first kappa shape index (κ1) is 14.8. The maximum absolute atomic E-state index is 12.2. The maximum Gasteiger partial charge on any atom is 0.280 e. The standard InChI is InChI=1S/C17H15BrN2O2/c18-14-8-4-5-9-16(14)22-12-17(21)20-11-10-15(19-20)13-6-2-1-3-7-13/h1-9H,10-12H2. The van der Waals surface area contributed by atoms with Crippen molar-refractivity contribution in [1.29, 1.82) is 0 Å². The molecule has 0 radical (unpaired) electrons. The summed E-state index contributed by atoms with van der Waals surface area (Å²) in [7, 11) is 0. The monoisotopic (exact) mass is 358 g/mol. The molecule has 0 aromatic heterocycles. The van der Waals surface area contributed by atoms with Crippen LogP contribution >= 0.6 is 15.9 Å². The van der Waals surface area contributed by atoms with Crippen molar-refractivity contribution in [3.63, 3.8) is 0 Å². The van der Waals surface area contributed by atoms with Gasteiger partial charge in [0.2, 0.25) is 0 Å². The fourth-order valence-electron chi connectivity index (χ4n) is 2.25. The second-order valence-corrected chi connectivity index (χ2v) is 5.75. The van der Waals surface area contributed by atoms with Gasteiger partial charge in [0.05, 0.1) is 16.7 Å². The number of rotatable bonds is 4. The lowest BCUT2D eigenvalue weighted by molar-refractivity contribution is -0.132. The van der Waals surface area contributed by atoms with E-state index >= 15 is 0 Å². The van der Waals surface area contributed by atoms with E-state index in [0.717, 1.165) is 22.2 Å². The van der Waals surface area contributed by atoms with Crippen LogP contribution in [0.2, 0.25) is 0 Å². The van der Waals surface area contributed by atoms with Crippen molar-refractivity contribution in [2.45, 2.75) is 6.42 Å². The average molecular weight is 359 g/mol. The summed E-state index contributed by atoms with van der Waals surface area (Å²) in [5.74, 6) is 0.518. The van der Waals surface area contributed by atoms with Crippen molar-refractivity contribution in [3.05, 3.63) is 64.6 Å². The maximum atomic E-state index is 12.2. The van der Waals surface area contributed by atoms with Crippen LogP contribution in [0.5, 0.6) is 5.75 Å². The Morgan fingerprint density at radius 3 is 2.64 bits per heavy atom. The highest BCUT2D eigenvalue weighted by atomic mass is 79.9. The molecule has 22 heavy (non-hydrogen) atoms. The van der Waals surface area contributed by atoms with E-state index in [4.69, 9.17) is 4.74 Å². The number of carbonyl (C=O) groups is 1. The molecule has 1 aliphatic rings. The van der Waals surface area contributed by atoms with Crippen LogP contribution in [0.1, 0.15) is 12.0 Å². The van der Waals surface area contributed by atoms with E-state index in [9.17, 15) is 4.79 Å². The minimum atomic E-state index is -0.137. The Labute approximate surface area is 137 Å². The van der Waals surface area contributed by atoms with E-state index in [0.29, 0.717) is 12.3 Å². The van der Waals surface area contributed by atoms with E-state index in [1.165, 1.54) is 5.01 Å². The average Bonchev–Trinajstić information content (AvgIpc) is 3.05. The smallest absolute Gasteiger partial charge is 0.280 e. The van der Waals surface area contributed by atoms with Gasteiger partial charge in [-0.25, -0.2) is 5.01 Å². The summed E-state index contributed by atoms with van der Waals surface area (Å²) in [4.78, 5) is 12.2. The first-order valence-electron chi connectivity index (χ1n) is 7.04. The number of hydrogen-bond acceptors (Lipinski definition) is 3. The van der Waals surface area contributed by atoms with Crippen LogP contribution in [0, 0.1) is 0 Å². The van der Waals surface area contributed by atoms with Crippen molar-refractivity contribution in [3.8, 4) is 5.75 Å². The number of para-hydroxylation sites is 1. The molecule has 0 N–H and O–H groups in total. The molecular formula is C17H15BrN2O2. The van der Waals surface area contributed by atoms with Crippen LogP contribution in [0.15, 0.2) is 64.2 Å². The predicted octanol–water partition coefficient (Wildman–Crippen LogP) is 3.46. The summed E-state index contributed by atoms with van der Waals surface area (Å²) < 4.78 is 6.38. The zero-order chi connectivity index (χ0) is 15.4. The molecule has 0 aliphatic carbocycles. The molecule has 0 saturated carbocycles. The molecule has 1 aliphatic heterocycles. The third-order valence-corrected chi connectivity index (χ3v) is 4.04.